The Bertz CT molecular complexity index is 1340. The van der Waals surface area contributed by atoms with E-state index < -0.39 is 10.0 Å². The Labute approximate surface area is 194 Å². The quantitative estimate of drug-likeness (QED) is 0.634. The van der Waals surface area contributed by atoms with E-state index in [1.54, 1.807) is 24.3 Å². The summed E-state index contributed by atoms with van der Waals surface area (Å²) in [5.41, 5.74) is 4.78. The number of allylic oxidation sites excluding steroid dienone is 1. The fourth-order valence-corrected chi connectivity index (χ4v) is 6.02. The van der Waals surface area contributed by atoms with Gasteiger partial charge in [0, 0.05) is 30.1 Å². The third kappa shape index (κ3) is 3.66. The molecule has 4 aliphatic rings. The first-order chi connectivity index (χ1) is 15.9. The molecule has 2 aliphatic heterocycles. The molecule has 2 aromatic carbocycles. The van der Waals surface area contributed by atoms with Crippen molar-refractivity contribution in [3.63, 3.8) is 0 Å². The number of rotatable bonds is 5. The number of carbonyl (C=O) groups is 1. The van der Waals surface area contributed by atoms with Crippen LogP contribution in [0.3, 0.4) is 0 Å². The Morgan fingerprint density at radius 1 is 1.00 bits per heavy atom. The number of hydrogen-bond acceptors (Lipinski definition) is 4. The van der Waals surface area contributed by atoms with Crippen molar-refractivity contribution in [1.82, 2.24) is 4.90 Å². The molecule has 6 rings (SSSR count). The first kappa shape index (κ1) is 20.6. The molecule has 0 aromatic heterocycles. The van der Waals surface area contributed by atoms with Crippen molar-refractivity contribution in [1.29, 1.82) is 0 Å². The maximum atomic E-state index is 13.6. The smallest absolute Gasteiger partial charge is 0.282 e. The largest absolute Gasteiger partial charge is 0.343 e. The van der Waals surface area contributed by atoms with E-state index in [2.05, 4.69) is 21.6 Å². The zero-order valence-corrected chi connectivity index (χ0v) is 19.4. The maximum Gasteiger partial charge on any atom is 0.282 e. The van der Waals surface area contributed by atoms with Crippen molar-refractivity contribution in [2.45, 2.75) is 50.0 Å². The minimum absolute atomic E-state index is 0.0304. The lowest BCUT2D eigenvalue weighted by molar-refractivity contribution is -0.116. The van der Waals surface area contributed by atoms with Crippen LogP contribution in [0.1, 0.15) is 48.8 Å². The number of benzene rings is 2. The highest BCUT2D eigenvalue weighted by Crippen LogP contribution is 2.48. The number of ketones is 1. The van der Waals surface area contributed by atoms with Gasteiger partial charge in [-0.1, -0.05) is 42.0 Å². The molecule has 0 radical (unpaired) electrons. The van der Waals surface area contributed by atoms with Crippen LogP contribution in [-0.2, 0) is 14.8 Å². The van der Waals surface area contributed by atoms with Gasteiger partial charge in [-0.15, -0.1) is 0 Å². The number of aryl methyl sites for hydroxylation is 1. The fourth-order valence-electron chi connectivity index (χ4n) is 4.98. The highest BCUT2D eigenvalue weighted by molar-refractivity contribution is 7.90. The Kier molecular flexibility index (Phi) is 4.70. The number of hydrogen-bond donors (Lipinski definition) is 0. The van der Waals surface area contributed by atoms with Crippen LogP contribution < -0.4 is 0 Å². The molecule has 2 heterocycles. The van der Waals surface area contributed by atoms with Gasteiger partial charge >= 0.3 is 0 Å². The Balaban J connectivity index is 1.57. The van der Waals surface area contributed by atoms with Crippen LogP contribution in [0, 0.1) is 18.8 Å². The topological polar surface area (TPSA) is 66.8 Å². The van der Waals surface area contributed by atoms with Gasteiger partial charge in [-0.05, 0) is 62.3 Å². The van der Waals surface area contributed by atoms with E-state index in [1.165, 1.54) is 0 Å². The lowest BCUT2D eigenvalue weighted by Crippen LogP contribution is -2.42. The standard InChI is InChI=1S/C27H26N2O3S/c1-17-6-12-21(13-7-17)33(31,32)28-23-16-24(19-8-9-19)29-15-14-18-4-2-3-5-22(18)26(29)25(23)27(30)20-10-11-20/h2-7,12-15,19-20,24H,8-11,16H2,1H3. The minimum atomic E-state index is -3.93. The van der Waals surface area contributed by atoms with Crippen LogP contribution in [0.4, 0.5) is 0 Å². The molecule has 0 spiro atoms. The first-order valence-electron chi connectivity index (χ1n) is 11.7. The van der Waals surface area contributed by atoms with E-state index in [-0.39, 0.29) is 22.6 Å². The van der Waals surface area contributed by atoms with Gasteiger partial charge in [0.2, 0.25) is 0 Å². The molecule has 1 atom stereocenters. The van der Waals surface area contributed by atoms with Crippen molar-refractivity contribution in [2.75, 3.05) is 0 Å². The first-order valence-corrected chi connectivity index (χ1v) is 13.1. The maximum absolute atomic E-state index is 13.6. The van der Waals surface area contributed by atoms with Crippen molar-refractivity contribution in [3.05, 3.63) is 77.0 Å². The molecule has 0 saturated heterocycles. The van der Waals surface area contributed by atoms with Crippen LogP contribution in [0.2, 0.25) is 0 Å². The van der Waals surface area contributed by atoms with E-state index in [1.807, 2.05) is 31.2 Å². The van der Waals surface area contributed by atoms with Crippen LogP contribution >= 0.6 is 0 Å². The fraction of sp³-hybridized carbons (Fsp3) is 0.333. The number of nitrogens with zero attached hydrogens (tertiary/aromatic N) is 2. The minimum Gasteiger partial charge on any atom is -0.343 e. The summed E-state index contributed by atoms with van der Waals surface area (Å²) >= 11 is 0. The highest BCUT2D eigenvalue weighted by atomic mass is 32.2. The monoisotopic (exact) mass is 458 g/mol. The van der Waals surface area contributed by atoms with E-state index >= 15 is 0 Å². The summed E-state index contributed by atoms with van der Waals surface area (Å²) in [4.78, 5) is 16.0. The third-order valence-corrected chi connectivity index (χ3v) is 8.41. The van der Waals surface area contributed by atoms with Gasteiger partial charge in [-0.2, -0.15) is 12.8 Å². The number of carbonyl (C=O) groups excluding carboxylic acids is 1. The third-order valence-electron chi connectivity index (χ3n) is 7.08. The summed E-state index contributed by atoms with van der Waals surface area (Å²) in [6, 6.07) is 14.9. The average molecular weight is 459 g/mol. The summed E-state index contributed by atoms with van der Waals surface area (Å²) in [6.07, 6.45) is 8.60. The summed E-state index contributed by atoms with van der Waals surface area (Å²) in [5, 5.41) is 0. The zero-order valence-electron chi connectivity index (χ0n) is 18.6. The van der Waals surface area contributed by atoms with E-state index in [4.69, 9.17) is 0 Å². The molecular formula is C27H26N2O3S. The molecule has 2 aliphatic carbocycles. The molecule has 1 unspecified atom stereocenters. The van der Waals surface area contributed by atoms with Crippen LogP contribution in [-0.4, -0.2) is 30.9 Å². The van der Waals surface area contributed by atoms with Crippen LogP contribution in [0.15, 0.2) is 69.6 Å². The molecule has 168 valence electrons. The lowest BCUT2D eigenvalue weighted by atomic mass is 9.83. The second kappa shape index (κ2) is 7.52. The van der Waals surface area contributed by atoms with Gasteiger partial charge in [-0.3, -0.25) is 4.79 Å². The molecule has 2 aromatic rings. The molecular weight excluding hydrogens is 432 g/mol. The van der Waals surface area contributed by atoms with Crippen LogP contribution in [0.5, 0.6) is 0 Å². The number of sulfonamides is 1. The summed E-state index contributed by atoms with van der Waals surface area (Å²) in [5.74, 6) is 0.490. The van der Waals surface area contributed by atoms with E-state index in [0.717, 1.165) is 48.1 Å². The molecule has 0 amide bonds. The van der Waals surface area contributed by atoms with Gasteiger partial charge < -0.3 is 4.90 Å². The SMILES string of the molecule is Cc1ccc(S(=O)(=O)N=C2CC(C3CC3)N3C=Cc4ccccc4C3=C2C(=O)C2CC2)cc1. The van der Waals surface area contributed by atoms with Gasteiger partial charge in [-0.25, -0.2) is 0 Å². The zero-order chi connectivity index (χ0) is 22.7. The highest BCUT2D eigenvalue weighted by Gasteiger charge is 2.46. The average Bonchev–Trinajstić information content (AvgIpc) is 3.71. The second-order valence-electron chi connectivity index (χ2n) is 9.61. The van der Waals surface area contributed by atoms with Gasteiger partial charge in [0.15, 0.2) is 5.78 Å². The molecule has 0 bridgehead atoms. The van der Waals surface area contributed by atoms with E-state index in [9.17, 15) is 13.2 Å². The summed E-state index contributed by atoms with van der Waals surface area (Å²) < 4.78 is 31.0. The molecule has 5 nitrogen and oxygen atoms in total. The molecule has 0 N–H and O–H groups in total. The normalized spacial score (nSPS) is 23.5. The number of fused-ring (bicyclic) bond motifs is 3. The molecule has 33 heavy (non-hydrogen) atoms. The second-order valence-corrected chi connectivity index (χ2v) is 11.2. The lowest BCUT2D eigenvalue weighted by Gasteiger charge is -2.41. The molecule has 2 fully saturated rings. The predicted molar refractivity (Wildman–Crippen MR) is 129 cm³/mol. The van der Waals surface area contributed by atoms with Gasteiger partial charge in [0.25, 0.3) is 10.0 Å². The Morgan fingerprint density at radius 2 is 1.73 bits per heavy atom. The van der Waals surface area contributed by atoms with Gasteiger partial charge in [0.1, 0.15) is 0 Å². The van der Waals surface area contributed by atoms with E-state index in [0.29, 0.717) is 23.6 Å². The Morgan fingerprint density at radius 3 is 2.42 bits per heavy atom. The summed E-state index contributed by atoms with van der Waals surface area (Å²) in [6.45, 7) is 1.92. The molecule has 6 heteroatoms. The van der Waals surface area contributed by atoms with Crippen molar-refractivity contribution in [3.8, 4) is 0 Å². The van der Waals surface area contributed by atoms with Gasteiger partial charge in [0.05, 0.1) is 21.9 Å². The molecule has 2 saturated carbocycles. The predicted octanol–water partition coefficient (Wildman–Crippen LogP) is 4.98. The Hall–Kier alpha value is -2.99. The van der Waals surface area contributed by atoms with Crippen LogP contribution in [0.25, 0.3) is 11.8 Å². The van der Waals surface area contributed by atoms with Crippen molar-refractivity contribution >= 4 is 33.3 Å². The number of Topliss-reactive ketones (excluding diaryl/α,β-unsaturated/α-hetero) is 1. The van der Waals surface area contributed by atoms with Crippen molar-refractivity contribution in [2.24, 2.45) is 16.2 Å². The van der Waals surface area contributed by atoms with Crippen molar-refractivity contribution < 1.29 is 13.2 Å². The summed E-state index contributed by atoms with van der Waals surface area (Å²) in [7, 11) is -3.93.